The summed E-state index contributed by atoms with van der Waals surface area (Å²) in [5, 5.41) is 0. The molecule has 2 aromatic carbocycles. The Bertz CT molecular complexity index is 502. The van der Waals surface area contributed by atoms with Crippen molar-refractivity contribution >= 4 is 12.4 Å². The van der Waals surface area contributed by atoms with E-state index in [0.717, 1.165) is 12.1 Å². The van der Waals surface area contributed by atoms with Crippen LogP contribution in [-0.4, -0.2) is 6.98 Å². The number of halogens is 3. The van der Waals surface area contributed by atoms with E-state index in [2.05, 4.69) is 0 Å². The molecule has 1 nitrogen and oxygen atoms in total. The predicted molar refractivity (Wildman–Crippen MR) is 61.7 cm³/mol. The van der Waals surface area contributed by atoms with Gasteiger partial charge in [0.1, 0.15) is 11.5 Å². The Kier molecular flexibility index (Phi) is 5.94. The first-order valence-electron chi connectivity index (χ1n) is 5.08. The van der Waals surface area contributed by atoms with Gasteiger partial charge in [0.2, 0.25) is 0 Å². The molecule has 6 heteroatoms. The Morgan fingerprint density at radius 1 is 0.778 bits per heavy atom. The van der Waals surface area contributed by atoms with Gasteiger partial charge in [0.15, 0.2) is 0 Å². The first kappa shape index (κ1) is 15.8. The maximum Gasteiger partial charge on any atom is 1.00 e. The van der Waals surface area contributed by atoms with Gasteiger partial charge in [-0.3, -0.25) is 0 Å². The Morgan fingerprint density at radius 2 is 1.39 bits per heavy atom. The molecule has 0 heterocycles. The number of para-hydroxylation sites is 1. The van der Waals surface area contributed by atoms with Gasteiger partial charge in [-0.1, -0.05) is 30.3 Å². The minimum atomic E-state index is -4.99. The predicted octanol–water partition coefficient (Wildman–Crippen LogP) is 0.537. The van der Waals surface area contributed by atoms with Gasteiger partial charge in [-0.15, -0.1) is 5.46 Å². The molecule has 18 heavy (non-hydrogen) atoms. The van der Waals surface area contributed by atoms with Gasteiger partial charge in [-0.2, -0.15) is 0 Å². The molecule has 0 bridgehead atoms. The molecule has 0 aliphatic heterocycles. The Morgan fingerprint density at radius 3 is 2.00 bits per heavy atom. The summed E-state index contributed by atoms with van der Waals surface area (Å²) in [7, 11) is 0. The van der Waals surface area contributed by atoms with Crippen LogP contribution in [0.15, 0.2) is 54.6 Å². The molecule has 0 atom stereocenters. The van der Waals surface area contributed by atoms with E-state index in [1.807, 2.05) is 6.07 Å². The number of benzene rings is 2. The van der Waals surface area contributed by atoms with Crippen molar-refractivity contribution in [1.29, 1.82) is 0 Å². The second kappa shape index (κ2) is 6.77. The summed E-state index contributed by atoms with van der Waals surface area (Å²) in [5.41, 5.74) is -0.654. The van der Waals surface area contributed by atoms with Gasteiger partial charge >= 0.3 is 58.4 Å². The van der Waals surface area contributed by atoms with Crippen molar-refractivity contribution in [3.63, 3.8) is 0 Å². The van der Waals surface area contributed by atoms with E-state index in [9.17, 15) is 12.9 Å². The van der Waals surface area contributed by atoms with Gasteiger partial charge in [0.05, 0.1) is 0 Å². The second-order valence-electron chi connectivity index (χ2n) is 3.56. The fraction of sp³-hybridized carbons (Fsp3) is 0. The van der Waals surface area contributed by atoms with E-state index >= 15 is 0 Å². The molecule has 0 aromatic heterocycles. The zero-order valence-corrected chi connectivity index (χ0v) is 12.9. The van der Waals surface area contributed by atoms with Gasteiger partial charge in [-0.25, -0.2) is 0 Å². The Labute approximate surface area is 146 Å². The summed E-state index contributed by atoms with van der Waals surface area (Å²) in [6.07, 6.45) is 0. The molecule has 0 unspecified atom stereocenters. The molecule has 2 rings (SSSR count). The van der Waals surface area contributed by atoms with E-state index in [4.69, 9.17) is 4.74 Å². The van der Waals surface area contributed by atoms with Crippen LogP contribution in [0.2, 0.25) is 0 Å². The van der Waals surface area contributed by atoms with Crippen molar-refractivity contribution in [2.75, 3.05) is 0 Å². The molecular formula is C12H9BF3KO. The minimum absolute atomic E-state index is 0. The molecular weight excluding hydrogens is 267 g/mol. The largest absolute Gasteiger partial charge is 1.00 e. The molecule has 0 saturated carbocycles. The monoisotopic (exact) mass is 276 g/mol. The third-order valence-corrected chi connectivity index (χ3v) is 2.21. The van der Waals surface area contributed by atoms with Crippen LogP contribution >= 0.6 is 0 Å². The summed E-state index contributed by atoms with van der Waals surface area (Å²) in [6.45, 7) is -4.99. The summed E-state index contributed by atoms with van der Waals surface area (Å²) < 4.78 is 42.9. The molecule has 0 N–H and O–H groups in total. The average Bonchev–Trinajstić information content (AvgIpc) is 2.29. The van der Waals surface area contributed by atoms with E-state index in [1.54, 1.807) is 24.3 Å². The normalized spacial score (nSPS) is 10.6. The Hall–Kier alpha value is -0.269. The zero-order chi connectivity index (χ0) is 12.3. The Balaban J connectivity index is 0.00000162. The van der Waals surface area contributed by atoms with Gasteiger partial charge in [0, 0.05) is 0 Å². The van der Waals surface area contributed by atoms with Crippen LogP contribution in [0.5, 0.6) is 11.5 Å². The number of hydrogen-bond acceptors (Lipinski definition) is 1. The third kappa shape index (κ3) is 4.44. The first-order valence-corrected chi connectivity index (χ1v) is 5.08. The van der Waals surface area contributed by atoms with Crippen molar-refractivity contribution < 1.29 is 69.1 Å². The SMILES string of the molecule is F[B-](F)(F)c1cccc(Oc2ccccc2)c1.[K+]. The van der Waals surface area contributed by atoms with E-state index in [-0.39, 0.29) is 57.1 Å². The maximum atomic E-state index is 12.5. The summed E-state index contributed by atoms with van der Waals surface area (Å²) in [4.78, 5) is 0. The first-order chi connectivity index (χ1) is 8.05. The van der Waals surface area contributed by atoms with E-state index < -0.39 is 12.4 Å². The summed E-state index contributed by atoms with van der Waals surface area (Å²) in [6, 6.07) is 13.6. The quantitative estimate of drug-likeness (QED) is 0.743. The van der Waals surface area contributed by atoms with Gasteiger partial charge < -0.3 is 17.7 Å². The average molecular weight is 276 g/mol. The fourth-order valence-electron chi connectivity index (χ4n) is 1.41. The minimum Gasteiger partial charge on any atom is -0.458 e. The number of rotatable bonds is 3. The number of ether oxygens (including phenoxy) is 1. The van der Waals surface area contributed by atoms with Crippen molar-refractivity contribution in [3.05, 3.63) is 54.6 Å². The topological polar surface area (TPSA) is 9.23 Å². The maximum absolute atomic E-state index is 12.5. The number of hydrogen-bond donors (Lipinski definition) is 0. The fourth-order valence-corrected chi connectivity index (χ4v) is 1.41. The van der Waals surface area contributed by atoms with Crippen molar-refractivity contribution in [2.45, 2.75) is 0 Å². The molecule has 2 aromatic rings. The van der Waals surface area contributed by atoms with Crippen LogP contribution in [0.25, 0.3) is 0 Å². The van der Waals surface area contributed by atoms with Crippen molar-refractivity contribution in [1.82, 2.24) is 0 Å². The zero-order valence-electron chi connectivity index (χ0n) is 9.82. The molecule has 0 spiro atoms. The smallest absolute Gasteiger partial charge is 0.458 e. The summed E-state index contributed by atoms with van der Waals surface area (Å²) >= 11 is 0. The second-order valence-corrected chi connectivity index (χ2v) is 3.56. The molecule has 0 amide bonds. The van der Waals surface area contributed by atoms with Crippen LogP contribution in [0, 0.1) is 0 Å². The van der Waals surface area contributed by atoms with Crippen LogP contribution in [0.3, 0.4) is 0 Å². The molecule has 88 valence electrons. The molecule has 0 aliphatic rings. The van der Waals surface area contributed by atoms with Crippen molar-refractivity contribution in [3.8, 4) is 11.5 Å². The third-order valence-electron chi connectivity index (χ3n) is 2.21. The van der Waals surface area contributed by atoms with E-state index in [1.165, 1.54) is 12.1 Å². The molecule has 0 aliphatic carbocycles. The molecule has 0 radical (unpaired) electrons. The van der Waals surface area contributed by atoms with Gasteiger partial charge in [-0.05, 0) is 24.3 Å². The van der Waals surface area contributed by atoms with Crippen LogP contribution in [0.4, 0.5) is 12.9 Å². The van der Waals surface area contributed by atoms with E-state index in [0.29, 0.717) is 5.75 Å². The van der Waals surface area contributed by atoms with Crippen LogP contribution < -0.4 is 61.6 Å². The van der Waals surface area contributed by atoms with Crippen LogP contribution in [-0.2, 0) is 0 Å². The van der Waals surface area contributed by atoms with Gasteiger partial charge in [0.25, 0.3) is 0 Å². The standard InChI is InChI=1S/C12H9BF3O.K/c14-13(15,16)10-5-4-8-12(9-10)17-11-6-2-1-3-7-11;/h1-9H;/q-1;+1. The molecule has 0 saturated heterocycles. The van der Waals surface area contributed by atoms with Crippen molar-refractivity contribution in [2.24, 2.45) is 0 Å². The molecule has 0 fully saturated rings. The van der Waals surface area contributed by atoms with Crippen LogP contribution in [0.1, 0.15) is 0 Å². The summed E-state index contributed by atoms with van der Waals surface area (Å²) in [5.74, 6) is 0.701.